The molecule has 5 heterocycles. The third-order valence-corrected chi connectivity index (χ3v) is 14.9. The lowest BCUT2D eigenvalue weighted by Crippen LogP contribution is -2.28. The number of hydrogen-bond acceptors (Lipinski definition) is 12. The van der Waals surface area contributed by atoms with Crippen LogP contribution in [0, 0.1) is 6.92 Å². The van der Waals surface area contributed by atoms with E-state index in [-0.39, 0.29) is 39.7 Å². The van der Waals surface area contributed by atoms with E-state index in [1.54, 1.807) is 56.6 Å². The molecule has 0 spiro atoms. The number of aryl methyl sites for hydroxylation is 1. The first-order chi connectivity index (χ1) is 35.4. The van der Waals surface area contributed by atoms with Crippen molar-refractivity contribution in [3.63, 3.8) is 0 Å². The van der Waals surface area contributed by atoms with Crippen LogP contribution in [-0.4, -0.2) is 61.9 Å². The average Bonchev–Trinajstić information content (AvgIpc) is 4.32. The number of sulfonamides is 1. The summed E-state index contributed by atoms with van der Waals surface area (Å²) in [6.45, 7) is 1.80. The summed E-state index contributed by atoms with van der Waals surface area (Å²) in [5, 5.41) is 9.33. The molecule has 3 N–H and O–H groups in total. The third kappa shape index (κ3) is 8.89. The van der Waals surface area contributed by atoms with E-state index < -0.39 is 33.4 Å². The number of methoxy groups -OCH3 is 1. The summed E-state index contributed by atoms with van der Waals surface area (Å²) in [5.41, 5.74) is 2.85. The van der Waals surface area contributed by atoms with Gasteiger partial charge in [0.1, 0.15) is 11.6 Å². The van der Waals surface area contributed by atoms with Crippen LogP contribution in [0.5, 0.6) is 28.9 Å². The normalized spacial score (nSPS) is 16.7. The number of anilines is 2. The number of alkyl halides is 4. The highest BCUT2D eigenvalue weighted by atomic mass is 32.2. The van der Waals surface area contributed by atoms with Crippen molar-refractivity contribution in [1.82, 2.24) is 19.7 Å². The van der Waals surface area contributed by atoms with Gasteiger partial charge in [0.05, 0.1) is 34.2 Å². The Morgan fingerprint density at radius 3 is 1.58 bits per heavy atom. The van der Waals surface area contributed by atoms with Gasteiger partial charge in [0, 0.05) is 34.2 Å². The van der Waals surface area contributed by atoms with Crippen LogP contribution in [0.15, 0.2) is 138 Å². The Morgan fingerprint density at radius 1 is 0.608 bits per heavy atom. The SMILES string of the molecule is CNS(=O)(=O)c1ccc(-c2nc(NC(=O)C3(c4ccc5c(c4)OC(F)(F)O5)CC3)cc3ccccc23)c(C)c1.COc1ccc(-c2nc(NC(=O)C3(c4ccc5c(c4)OC(F)(F)O5)CC3)cc3ccccc23)cn1. The largest absolute Gasteiger partial charge is 0.586 e. The number of halogens is 4. The fourth-order valence-electron chi connectivity index (χ4n) is 9.29. The maximum atomic E-state index is 13.5. The van der Waals surface area contributed by atoms with Gasteiger partial charge in [-0.05, 0) is 122 Å². The van der Waals surface area contributed by atoms with Crippen LogP contribution >= 0.6 is 0 Å². The molecule has 0 bridgehead atoms. The monoisotopic (exact) mass is 1030 g/mol. The lowest BCUT2D eigenvalue weighted by Gasteiger charge is -2.17. The molecule has 0 saturated heterocycles. The molecule has 2 aliphatic carbocycles. The highest BCUT2D eigenvalue weighted by molar-refractivity contribution is 7.89. The Bertz CT molecular complexity index is 3720. The van der Waals surface area contributed by atoms with Gasteiger partial charge in [-0.3, -0.25) is 9.59 Å². The number of rotatable bonds is 11. The van der Waals surface area contributed by atoms with Gasteiger partial charge in [0.25, 0.3) is 0 Å². The van der Waals surface area contributed by atoms with Gasteiger partial charge in [-0.25, -0.2) is 28.1 Å². The van der Waals surface area contributed by atoms with Crippen molar-refractivity contribution < 1.29 is 59.3 Å². The summed E-state index contributed by atoms with van der Waals surface area (Å²) in [5.74, 6) is 0.301. The van der Waals surface area contributed by atoms with Crippen molar-refractivity contribution in [2.75, 3.05) is 24.8 Å². The number of nitrogens with one attached hydrogen (secondary N) is 3. The number of hydrogen-bond donors (Lipinski definition) is 3. The lowest BCUT2D eigenvalue weighted by molar-refractivity contribution is -0.287. The molecule has 0 atom stereocenters. The van der Waals surface area contributed by atoms with Crippen LogP contribution in [0.4, 0.5) is 29.2 Å². The zero-order chi connectivity index (χ0) is 51.8. The first kappa shape index (κ1) is 47.9. The Labute approximate surface area is 419 Å². The topological polar surface area (TPSA) is 189 Å². The zero-order valence-electron chi connectivity index (χ0n) is 39.5. The number of carbonyl (C=O) groups is 2. The van der Waals surface area contributed by atoms with E-state index >= 15 is 0 Å². The molecule has 2 aliphatic heterocycles. The number of carbonyl (C=O) groups excluding carboxylic acids is 2. The summed E-state index contributed by atoms with van der Waals surface area (Å²) < 4.78 is 104. The van der Waals surface area contributed by atoms with Crippen molar-refractivity contribution in [2.24, 2.45) is 0 Å². The molecule has 20 heteroatoms. The maximum Gasteiger partial charge on any atom is 0.586 e. The molecule has 5 aromatic carbocycles. The first-order valence-electron chi connectivity index (χ1n) is 23.2. The Hall–Kier alpha value is -8.36. The molecule has 2 fully saturated rings. The molecule has 376 valence electrons. The van der Waals surface area contributed by atoms with Crippen molar-refractivity contribution >= 4 is 55.0 Å². The van der Waals surface area contributed by atoms with Crippen LogP contribution in [0.1, 0.15) is 42.4 Å². The smallest absolute Gasteiger partial charge is 0.481 e. The van der Waals surface area contributed by atoms with Gasteiger partial charge >= 0.3 is 12.6 Å². The molecule has 74 heavy (non-hydrogen) atoms. The number of pyridine rings is 3. The van der Waals surface area contributed by atoms with E-state index in [4.69, 9.17) is 14.7 Å². The molecule has 12 rings (SSSR count). The van der Waals surface area contributed by atoms with E-state index in [1.807, 2.05) is 60.7 Å². The molecular weight excluding hydrogens is 985 g/mol. The van der Waals surface area contributed by atoms with Gasteiger partial charge in [0.2, 0.25) is 27.7 Å². The maximum absolute atomic E-state index is 13.5. The Kier molecular flexibility index (Phi) is 11.5. The number of ether oxygens (including phenoxy) is 5. The zero-order valence-corrected chi connectivity index (χ0v) is 40.3. The second kappa shape index (κ2) is 17.7. The fraction of sp³-hybridized carbons (Fsp3) is 0.204. The molecule has 2 amide bonds. The standard InChI is InChI=1S/C28H23F2N3O5S.C26H19F2N3O4/c1-16-13-19(39(35,36)31-2)8-9-20(16)25-21-6-4-3-5-17(21)14-24(32-25)33-26(34)27(11-12-27)18-7-10-22-23(15-18)38-28(29,30)37-22;1-33-22-9-6-16(14-29-22)23-18-5-3-2-4-15(18)12-21(30-23)31-24(32)25(10-11-25)17-7-8-19-20(13-17)35-26(27,28)34-19/h3-10,13-15,31H,11-12H2,1-2H3,(H,32,33,34);2-9,12-14H,10-11H2,1H3,(H,30,31,32). The van der Waals surface area contributed by atoms with Gasteiger partial charge in [0.15, 0.2) is 23.0 Å². The van der Waals surface area contributed by atoms with E-state index in [2.05, 4.69) is 39.3 Å². The van der Waals surface area contributed by atoms with Crippen LogP contribution in [0.2, 0.25) is 0 Å². The first-order valence-corrected chi connectivity index (χ1v) is 24.6. The van der Waals surface area contributed by atoms with Crippen molar-refractivity contribution in [1.29, 1.82) is 0 Å². The minimum atomic E-state index is -3.74. The minimum absolute atomic E-state index is 0.0519. The minimum Gasteiger partial charge on any atom is -0.481 e. The second-order valence-electron chi connectivity index (χ2n) is 18.2. The highest BCUT2D eigenvalue weighted by Crippen LogP contribution is 2.54. The highest BCUT2D eigenvalue weighted by Gasteiger charge is 2.54. The van der Waals surface area contributed by atoms with Gasteiger partial charge in [-0.1, -0.05) is 66.7 Å². The van der Waals surface area contributed by atoms with Crippen LogP contribution < -0.4 is 39.0 Å². The number of amides is 2. The molecule has 3 aromatic heterocycles. The van der Waals surface area contributed by atoms with E-state index in [0.29, 0.717) is 71.3 Å². The van der Waals surface area contributed by atoms with Crippen LogP contribution in [-0.2, 0) is 30.4 Å². The average molecular weight is 1030 g/mol. The predicted octanol–water partition coefficient (Wildman–Crippen LogP) is 10.4. The summed E-state index contributed by atoms with van der Waals surface area (Å²) >= 11 is 0. The van der Waals surface area contributed by atoms with Gasteiger partial charge in [-0.15, -0.1) is 17.6 Å². The molecule has 0 unspecified atom stereocenters. The third-order valence-electron chi connectivity index (χ3n) is 13.5. The molecule has 2 saturated carbocycles. The van der Waals surface area contributed by atoms with E-state index in [9.17, 15) is 35.6 Å². The fourth-order valence-corrected chi connectivity index (χ4v) is 10.1. The van der Waals surface area contributed by atoms with Crippen LogP contribution in [0.25, 0.3) is 44.1 Å². The van der Waals surface area contributed by atoms with Crippen molar-refractivity contribution in [2.45, 2.75) is 60.9 Å². The summed E-state index contributed by atoms with van der Waals surface area (Å²) in [7, 11) is -0.719. The molecule has 8 aromatic rings. The van der Waals surface area contributed by atoms with Gasteiger partial charge in [-0.2, -0.15) is 0 Å². The molecular formula is C54H42F4N6O9S. The number of aromatic nitrogens is 3. The van der Waals surface area contributed by atoms with Crippen molar-refractivity contribution in [3.8, 4) is 51.4 Å². The van der Waals surface area contributed by atoms with Crippen LogP contribution in [0.3, 0.4) is 0 Å². The molecule has 15 nitrogen and oxygen atoms in total. The quantitative estimate of drug-likeness (QED) is 0.104. The van der Waals surface area contributed by atoms with Crippen molar-refractivity contribution in [3.05, 3.63) is 150 Å². The number of fused-ring (bicyclic) bond motifs is 4. The summed E-state index contributed by atoms with van der Waals surface area (Å²) in [4.78, 5) is 40.8. The molecule has 4 aliphatic rings. The predicted molar refractivity (Wildman–Crippen MR) is 264 cm³/mol. The lowest BCUT2D eigenvalue weighted by atomic mass is 9.94. The Balaban J connectivity index is 0.000000160. The van der Waals surface area contributed by atoms with E-state index in [1.165, 1.54) is 37.4 Å². The number of benzene rings is 5. The summed E-state index contributed by atoms with van der Waals surface area (Å²) in [6.07, 6.45) is -3.54. The summed E-state index contributed by atoms with van der Waals surface area (Å²) in [6, 6.07) is 36.1. The Morgan fingerprint density at radius 2 is 1.11 bits per heavy atom. The van der Waals surface area contributed by atoms with Gasteiger partial charge < -0.3 is 34.3 Å². The number of nitrogens with zero attached hydrogens (tertiary/aromatic N) is 3. The second-order valence-corrected chi connectivity index (χ2v) is 20.0. The van der Waals surface area contributed by atoms with E-state index in [0.717, 1.165) is 32.7 Å². The molecule has 0 radical (unpaired) electrons.